The van der Waals surface area contributed by atoms with Crippen molar-refractivity contribution in [3.05, 3.63) is 76.6 Å². The quantitative estimate of drug-likeness (QED) is 0.360. The van der Waals surface area contributed by atoms with E-state index in [0.29, 0.717) is 23.3 Å². The number of nitrogens with two attached hydrogens (primary N) is 1. The molecule has 3 rings (SSSR count). The van der Waals surface area contributed by atoms with Crippen molar-refractivity contribution in [1.29, 1.82) is 0 Å². The fourth-order valence-corrected chi connectivity index (χ4v) is 4.65. The number of carbonyl (C=O) groups excluding carboxylic acids is 1. The van der Waals surface area contributed by atoms with Gasteiger partial charge in [-0.2, -0.15) is 17.5 Å². The molecule has 13 heteroatoms. The van der Waals surface area contributed by atoms with Crippen LogP contribution in [0.5, 0.6) is 0 Å². The third kappa shape index (κ3) is 6.86. The lowest BCUT2D eigenvalue weighted by molar-refractivity contribution is -0.137. The standard InChI is InChI=1S/C25H25F3N6O3S/c1-16-5-7-19(11-18(16)8-6-17-13-30-24(29)31-14-17)23(35)32-21-12-20(25(26,27)28)9-10-22(21)38(36,37)34(4)15-33(2)3/h5,7,9-14H,15H2,1-4H3,(H,32,35)(H2,29,30,31). The Balaban J connectivity index is 2.00. The number of halogens is 3. The Morgan fingerprint density at radius 3 is 2.32 bits per heavy atom. The van der Waals surface area contributed by atoms with E-state index in [2.05, 4.69) is 27.1 Å². The molecule has 1 aromatic heterocycles. The second-order valence-electron chi connectivity index (χ2n) is 8.60. The number of anilines is 2. The van der Waals surface area contributed by atoms with Gasteiger partial charge >= 0.3 is 6.18 Å². The zero-order valence-corrected chi connectivity index (χ0v) is 21.8. The van der Waals surface area contributed by atoms with Crippen LogP contribution in [0.25, 0.3) is 0 Å². The van der Waals surface area contributed by atoms with Gasteiger partial charge in [0.05, 0.1) is 23.5 Å². The highest BCUT2D eigenvalue weighted by Crippen LogP contribution is 2.34. The van der Waals surface area contributed by atoms with Crippen molar-refractivity contribution in [2.75, 3.05) is 38.9 Å². The molecule has 9 nitrogen and oxygen atoms in total. The SMILES string of the molecule is Cc1ccc(C(=O)Nc2cc(C(F)(F)F)ccc2S(=O)(=O)N(C)CN(C)C)cc1C#Cc1cnc(N)nc1. The number of hydrogen-bond donors (Lipinski definition) is 2. The fourth-order valence-electron chi connectivity index (χ4n) is 3.31. The van der Waals surface area contributed by atoms with Crippen molar-refractivity contribution in [3.8, 4) is 11.8 Å². The third-order valence-corrected chi connectivity index (χ3v) is 7.09. The number of aromatic nitrogens is 2. The summed E-state index contributed by atoms with van der Waals surface area (Å²) in [5, 5.41) is 2.34. The van der Waals surface area contributed by atoms with E-state index in [1.165, 1.54) is 31.6 Å². The Labute approximate surface area is 218 Å². The monoisotopic (exact) mass is 546 g/mol. The van der Waals surface area contributed by atoms with E-state index < -0.39 is 38.3 Å². The lowest BCUT2D eigenvalue weighted by Gasteiger charge is -2.23. The van der Waals surface area contributed by atoms with Crippen molar-refractivity contribution in [1.82, 2.24) is 19.2 Å². The molecule has 0 aliphatic carbocycles. The number of hydrogen-bond acceptors (Lipinski definition) is 7. The maximum Gasteiger partial charge on any atom is 0.416 e. The van der Waals surface area contributed by atoms with Gasteiger partial charge in [0.15, 0.2) is 0 Å². The second-order valence-corrected chi connectivity index (χ2v) is 10.6. The number of aryl methyl sites for hydroxylation is 1. The molecule has 0 fully saturated rings. The highest BCUT2D eigenvalue weighted by atomic mass is 32.2. The smallest absolute Gasteiger partial charge is 0.368 e. The summed E-state index contributed by atoms with van der Waals surface area (Å²) in [5.41, 5.74) is 5.61. The molecule has 0 saturated carbocycles. The van der Waals surface area contributed by atoms with Crippen LogP contribution in [0.1, 0.15) is 32.6 Å². The third-order valence-electron chi connectivity index (χ3n) is 5.24. The van der Waals surface area contributed by atoms with Gasteiger partial charge in [0.1, 0.15) is 4.90 Å². The van der Waals surface area contributed by atoms with Crippen LogP contribution in [0.4, 0.5) is 24.8 Å². The molecule has 0 unspecified atom stereocenters. The molecule has 2 aromatic carbocycles. The van der Waals surface area contributed by atoms with Gasteiger partial charge in [0.2, 0.25) is 16.0 Å². The van der Waals surface area contributed by atoms with Crippen LogP contribution in [-0.2, 0) is 16.2 Å². The Kier molecular flexibility index (Phi) is 8.41. The van der Waals surface area contributed by atoms with Gasteiger partial charge in [-0.3, -0.25) is 9.69 Å². The van der Waals surface area contributed by atoms with E-state index >= 15 is 0 Å². The average Bonchev–Trinajstić information content (AvgIpc) is 2.83. The first-order valence-electron chi connectivity index (χ1n) is 11.0. The van der Waals surface area contributed by atoms with E-state index in [1.54, 1.807) is 32.0 Å². The summed E-state index contributed by atoms with van der Waals surface area (Å²) in [7, 11) is 0.319. The predicted molar refractivity (Wildman–Crippen MR) is 137 cm³/mol. The summed E-state index contributed by atoms with van der Waals surface area (Å²) < 4.78 is 67.5. The van der Waals surface area contributed by atoms with Gasteiger partial charge in [-0.05, 0) is 56.9 Å². The number of nitrogens with one attached hydrogen (secondary N) is 1. The molecule has 0 atom stereocenters. The van der Waals surface area contributed by atoms with Crippen molar-refractivity contribution in [3.63, 3.8) is 0 Å². The predicted octanol–water partition coefficient (Wildman–Crippen LogP) is 3.18. The minimum absolute atomic E-state index is 0.0320. The minimum atomic E-state index is -4.75. The summed E-state index contributed by atoms with van der Waals surface area (Å²) in [4.78, 5) is 21.9. The van der Waals surface area contributed by atoms with Crippen LogP contribution >= 0.6 is 0 Å². The van der Waals surface area contributed by atoms with E-state index in [4.69, 9.17) is 5.73 Å². The molecular weight excluding hydrogens is 521 g/mol. The first kappa shape index (κ1) is 28.6. The second kappa shape index (κ2) is 11.2. The Morgan fingerprint density at radius 1 is 1.05 bits per heavy atom. The number of amides is 1. The fraction of sp³-hybridized carbons (Fsp3) is 0.240. The molecule has 38 heavy (non-hydrogen) atoms. The highest BCUT2D eigenvalue weighted by molar-refractivity contribution is 7.89. The summed E-state index contributed by atoms with van der Waals surface area (Å²) >= 11 is 0. The number of alkyl halides is 3. The summed E-state index contributed by atoms with van der Waals surface area (Å²) in [6.45, 7) is 1.74. The van der Waals surface area contributed by atoms with E-state index in [0.717, 1.165) is 15.9 Å². The lowest BCUT2D eigenvalue weighted by atomic mass is 10.0. The Hall–Kier alpha value is -3.99. The molecule has 0 aliphatic heterocycles. The number of sulfonamides is 1. The zero-order chi connectivity index (χ0) is 28.3. The topological polar surface area (TPSA) is 122 Å². The number of carbonyl (C=O) groups is 1. The molecule has 1 heterocycles. The van der Waals surface area contributed by atoms with Gasteiger partial charge < -0.3 is 11.1 Å². The molecule has 3 N–H and O–H groups in total. The molecule has 200 valence electrons. The maximum atomic E-state index is 13.4. The number of nitrogen functional groups attached to an aromatic ring is 1. The summed E-state index contributed by atoms with van der Waals surface area (Å²) in [5.74, 6) is 5.03. The normalized spacial score (nSPS) is 11.8. The molecule has 0 spiro atoms. The van der Waals surface area contributed by atoms with Crippen molar-refractivity contribution < 1.29 is 26.4 Å². The molecular formula is C25H25F3N6O3S. The van der Waals surface area contributed by atoms with Crippen LogP contribution in [-0.4, -0.2) is 61.3 Å². The van der Waals surface area contributed by atoms with Crippen LogP contribution in [0.15, 0.2) is 53.7 Å². The van der Waals surface area contributed by atoms with Gasteiger partial charge in [0.25, 0.3) is 5.91 Å². The van der Waals surface area contributed by atoms with Crippen molar-refractivity contribution >= 4 is 27.6 Å². The van der Waals surface area contributed by atoms with Crippen molar-refractivity contribution in [2.24, 2.45) is 0 Å². The van der Waals surface area contributed by atoms with E-state index in [1.807, 2.05) is 0 Å². The van der Waals surface area contributed by atoms with E-state index in [9.17, 15) is 26.4 Å². The Morgan fingerprint density at radius 2 is 1.71 bits per heavy atom. The molecule has 0 radical (unpaired) electrons. The average molecular weight is 547 g/mol. The van der Waals surface area contributed by atoms with Crippen LogP contribution in [0.2, 0.25) is 0 Å². The van der Waals surface area contributed by atoms with Crippen molar-refractivity contribution in [2.45, 2.75) is 18.0 Å². The highest BCUT2D eigenvalue weighted by Gasteiger charge is 2.33. The molecule has 3 aromatic rings. The van der Waals surface area contributed by atoms with Crippen LogP contribution in [0, 0.1) is 18.8 Å². The van der Waals surface area contributed by atoms with Gasteiger partial charge in [-0.25, -0.2) is 18.4 Å². The first-order valence-corrected chi connectivity index (χ1v) is 12.5. The Bertz CT molecular complexity index is 1510. The number of benzene rings is 2. The van der Waals surface area contributed by atoms with Gasteiger partial charge in [-0.1, -0.05) is 17.9 Å². The molecule has 0 saturated heterocycles. The van der Waals surface area contributed by atoms with Crippen LogP contribution < -0.4 is 11.1 Å². The maximum absolute atomic E-state index is 13.4. The summed E-state index contributed by atoms with van der Waals surface area (Å²) in [6.07, 6.45) is -1.88. The molecule has 0 aliphatic rings. The van der Waals surface area contributed by atoms with Gasteiger partial charge in [-0.15, -0.1) is 0 Å². The summed E-state index contributed by atoms with van der Waals surface area (Å²) in [6, 6.07) is 6.63. The molecule has 0 bridgehead atoms. The first-order chi connectivity index (χ1) is 17.7. The minimum Gasteiger partial charge on any atom is -0.368 e. The molecule has 1 amide bonds. The number of rotatable bonds is 6. The lowest BCUT2D eigenvalue weighted by Crippen LogP contribution is -2.35. The van der Waals surface area contributed by atoms with E-state index in [-0.39, 0.29) is 18.2 Å². The zero-order valence-electron chi connectivity index (χ0n) is 21.0. The number of nitrogens with zero attached hydrogens (tertiary/aromatic N) is 4. The largest absolute Gasteiger partial charge is 0.416 e. The van der Waals surface area contributed by atoms with Crippen LogP contribution in [0.3, 0.4) is 0 Å². The van der Waals surface area contributed by atoms with Gasteiger partial charge in [0, 0.05) is 30.6 Å².